The molecule has 1 aromatic rings. The topological polar surface area (TPSA) is 58.6 Å². The van der Waals surface area contributed by atoms with Crippen LogP contribution in [-0.2, 0) is 20.5 Å². The summed E-state index contributed by atoms with van der Waals surface area (Å²) in [5, 5.41) is 2.41. The Labute approximate surface area is 125 Å². The number of hydrogen-bond donors (Lipinski definition) is 1. The van der Waals surface area contributed by atoms with Crippen LogP contribution < -0.4 is 5.32 Å². The number of anilines is 1. The van der Waals surface area contributed by atoms with Crippen LogP contribution in [-0.4, -0.2) is 43.0 Å². The Morgan fingerprint density at radius 1 is 1.14 bits per heavy atom. The number of alkyl halides is 3. The lowest BCUT2D eigenvalue weighted by Gasteiger charge is -2.26. The third kappa shape index (κ3) is 4.45. The number of halogens is 3. The van der Waals surface area contributed by atoms with Crippen molar-refractivity contribution in [3.63, 3.8) is 0 Å². The van der Waals surface area contributed by atoms with Crippen molar-refractivity contribution in [2.75, 3.05) is 31.6 Å². The van der Waals surface area contributed by atoms with Crippen molar-refractivity contribution >= 4 is 17.5 Å². The van der Waals surface area contributed by atoms with Gasteiger partial charge in [0.15, 0.2) is 0 Å². The molecule has 0 bridgehead atoms. The van der Waals surface area contributed by atoms with E-state index in [1.165, 1.54) is 4.90 Å². The molecular weight excluding hydrogens is 301 g/mol. The third-order valence-electron chi connectivity index (χ3n) is 3.17. The molecule has 1 aliphatic heterocycles. The van der Waals surface area contributed by atoms with E-state index in [0.29, 0.717) is 26.3 Å². The maximum Gasteiger partial charge on any atom is 0.416 e. The molecule has 5 nitrogen and oxygen atoms in total. The van der Waals surface area contributed by atoms with Crippen LogP contribution in [0.3, 0.4) is 0 Å². The zero-order valence-electron chi connectivity index (χ0n) is 11.7. The lowest BCUT2D eigenvalue weighted by atomic mass is 10.2. The van der Waals surface area contributed by atoms with Gasteiger partial charge in [-0.3, -0.25) is 9.59 Å². The highest BCUT2D eigenvalue weighted by Crippen LogP contribution is 2.29. The predicted octanol–water partition coefficient (Wildman–Crippen LogP) is 1.89. The normalized spacial score (nSPS) is 15.5. The fourth-order valence-corrected chi connectivity index (χ4v) is 2.01. The summed E-state index contributed by atoms with van der Waals surface area (Å²) in [6.45, 7) is 1.75. The second-order valence-corrected chi connectivity index (χ2v) is 4.79. The highest BCUT2D eigenvalue weighted by molar-refractivity contribution is 6.03. The lowest BCUT2D eigenvalue weighted by Crippen LogP contribution is -2.41. The summed E-state index contributed by atoms with van der Waals surface area (Å²) < 4.78 is 42.3. The van der Waals surface area contributed by atoms with Gasteiger partial charge in [-0.05, 0) is 24.3 Å². The van der Waals surface area contributed by atoms with E-state index in [-0.39, 0.29) is 18.0 Å². The second kappa shape index (κ2) is 6.78. The summed E-state index contributed by atoms with van der Waals surface area (Å²) >= 11 is 0. The minimum absolute atomic E-state index is 0.216. The predicted molar refractivity (Wildman–Crippen MR) is 72.1 cm³/mol. The molecular formula is C14H15F3N2O3. The Hall–Kier alpha value is -2.09. The van der Waals surface area contributed by atoms with Gasteiger partial charge >= 0.3 is 6.18 Å². The number of ether oxygens (including phenoxy) is 1. The molecule has 1 aliphatic rings. The molecule has 1 N–H and O–H groups in total. The minimum Gasteiger partial charge on any atom is -0.378 e. The molecule has 2 amide bonds. The van der Waals surface area contributed by atoms with Gasteiger partial charge in [-0.2, -0.15) is 13.2 Å². The van der Waals surface area contributed by atoms with Gasteiger partial charge in [0.1, 0.15) is 6.42 Å². The maximum absolute atomic E-state index is 12.4. The van der Waals surface area contributed by atoms with E-state index in [0.717, 1.165) is 24.3 Å². The van der Waals surface area contributed by atoms with E-state index in [2.05, 4.69) is 5.32 Å². The molecule has 1 saturated heterocycles. The number of morpholine rings is 1. The van der Waals surface area contributed by atoms with E-state index in [1.54, 1.807) is 0 Å². The molecule has 1 fully saturated rings. The van der Waals surface area contributed by atoms with Crippen molar-refractivity contribution in [3.05, 3.63) is 29.8 Å². The first kappa shape index (κ1) is 16.3. The number of nitrogens with zero attached hydrogens (tertiary/aromatic N) is 1. The standard InChI is InChI=1S/C14H15F3N2O3/c15-14(16,17)10-1-3-11(4-2-10)18-12(20)9-13(21)19-5-7-22-8-6-19/h1-4H,5-9H2,(H,18,20). The minimum atomic E-state index is -4.42. The first-order valence-electron chi connectivity index (χ1n) is 6.69. The third-order valence-corrected chi connectivity index (χ3v) is 3.17. The van der Waals surface area contributed by atoms with Crippen LogP contribution >= 0.6 is 0 Å². The summed E-state index contributed by atoms with van der Waals surface area (Å²) in [4.78, 5) is 25.1. The molecule has 22 heavy (non-hydrogen) atoms. The van der Waals surface area contributed by atoms with Gasteiger partial charge in [-0.1, -0.05) is 0 Å². The quantitative estimate of drug-likeness (QED) is 0.867. The van der Waals surface area contributed by atoms with Crippen molar-refractivity contribution in [2.45, 2.75) is 12.6 Å². The summed E-state index contributed by atoms with van der Waals surface area (Å²) in [6.07, 6.45) is -4.77. The van der Waals surface area contributed by atoms with E-state index >= 15 is 0 Å². The number of benzene rings is 1. The maximum atomic E-state index is 12.4. The van der Waals surface area contributed by atoms with Gasteiger partial charge in [0.25, 0.3) is 0 Å². The Morgan fingerprint density at radius 3 is 2.27 bits per heavy atom. The van der Waals surface area contributed by atoms with Crippen molar-refractivity contribution in [3.8, 4) is 0 Å². The Balaban J connectivity index is 1.87. The van der Waals surface area contributed by atoms with Gasteiger partial charge in [0.2, 0.25) is 11.8 Å². The second-order valence-electron chi connectivity index (χ2n) is 4.79. The lowest BCUT2D eigenvalue weighted by molar-refractivity contribution is -0.138. The first-order valence-corrected chi connectivity index (χ1v) is 6.69. The highest BCUT2D eigenvalue weighted by atomic mass is 19.4. The summed E-state index contributed by atoms with van der Waals surface area (Å²) in [5.41, 5.74) is -0.581. The number of hydrogen-bond acceptors (Lipinski definition) is 3. The highest BCUT2D eigenvalue weighted by Gasteiger charge is 2.30. The van der Waals surface area contributed by atoms with E-state index in [1.807, 2.05) is 0 Å². The van der Waals surface area contributed by atoms with Crippen LogP contribution in [0, 0.1) is 0 Å². The molecule has 0 atom stereocenters. The molecule has 0 radical (unpaired) electrons. The molecule has 1 aromatic carbocycles. The number of nitrogens with one attached hydrogen (secondary N) is 1. The SMILES string of the molecule is O=C(CC(=O)N1CCOCC1)Nc1ccc(C(F)(F)F)cc1. The van der Waals surface area contributed by atoms with Crippen molar-refractivity contribution in [2.24, 2.45) is 0 Å². The summed E-state index contributed by atoms with van der Waals surface area (Å²) in [6, 6.07) is 4.05. The monoisotopic (exact) mass is 316 g/mol. The van der Waals surface area contributed by atoms with Crippen LogP contribution in [0.25, 0.3) is 0 Å². The molecule has 0 spiro atoms. The fraction of sp³-hybridized carbons (Fsp3) is 0.429. The van der Waals surface area contributed by atoms with Crippen molar-refractivity contribution in [1.29, 1.82) is 0 Å². The molecule has 0 aromatic heterocycles. The van der Waals surface area contributed by atoms with Crippen molar-refractivity contribution in [1.82, 2.24) is 4.90 Å². The van der Waals surface area contributed by atoms with Crippen LogP contribution in [0.1, 0.15) is 12.0 Å². The van der Waals surface area contributed by atoms with E-state index < -0.39 is 17.6 Å². The van der Waals surface area contributed by atoms with Crippen molar-refractivity contribution < 1.29 is 27.5 Å². The number of carbonyl (C=O) groups excluding carboxylic acids is 2. The molecule has 8 heteroatoms. The number of amides is 2. The summed E-state index contributed by atoms with van der Waals surface area (Å²) in [7, 11) is 0. The van der Waals surface area contributed by atoms with Crippen LogP contribution in [0.5, 0.6) is 0 Å². The number of carbonyl (C=O) groups is 2. The Kier molecular flexibility index (Phi) is 5.02. The molecule has 0 unspecified atom stereocenters. The van der Waals surface area contributed by atoms with Gasteiger partial charge in [-0.15, -0.1) is 0 Å². The van der Waals surface area contributed by atoms with Gasteiger partial charge in [0.05, 0.1) is 18.8 Å². The van der Waals surface area contributed by atoms with E-state index in [9.17, 15) is 22.8 Å². The van der Waals surface area contributed by atoms with Gasteiger partial charge < -0.3 is 15.0 Å². The first-order chi connectivity index (χ1) is 10.4. The average Bonchev–Trinajstić information content (AvgIpc) is 2.47. The largest absolute Gasteiger partial charge is 0.416 e. The van der Waals surface area contributed by atoms with Crippen LogP contribution in [0.4, 0.5) is 18.9 Å². The molecule has 0 aliphatic carbocycles. The van der Waals surface area contributed by atoms with Crippen LogP contribution in [0.2, 0.25) is 0 Å². The Morgan fingerprint density at radius 2 is 1.73 bits per heavy atom. The fourth-order valence-electron chi connectivity index (χ4n) is 2.01. The zero-order chi connectivity index (χ0) is 16.2. The van der Waals surface area contributed by atoms with Gasteiger partial charge in [0, 0.05) is 18.8 Å². The zero-order valence-corrected chi connectivity index (χ0v) is 11.7. The number of rotatable bonds is 3. The smallest absolute Gasteiger partial charge is 0.378 e. The average molecular weight is 316 g/mol. The van der Waals surface area contributed by atoms with E-state index in [4.69, 9.17) is 4.74 Å². The Bertz CT molecular complexity index is 537. The molecule has 0 saturated carbocycles. The molecule has 1 heterocycles. The molecule has 120 valence electrons. The summed E-state index contributed by atoms with van der Waals surface area (Å²) in [5.74, 6) is -0.885. The molecule has 2 rings (SSSR count). The van der Waals surface area contributed by atoms with Crippen LogP contribution in [0.15, 0.2) is 24.3 Å². The van der Waals surface area contributed by atoms with Gasteiger partial charge in [-0.25, -0.2) is 0 Å².